The lowest BCUT2D eigenvalue weighted by molar-refractivity contribution is -0.00545. The van der Waals surface area contributed by atoms with Gasteiger partial charge in [-0.3, -0.25) is 4.57 Å². The first kappa shape index (κ1) is 19.4. The molecule has 0 aliphatic carbocycles. The van der Waals surface area contributed by atoms with E-state index in [1.165, 1.54) is 0 Å². The van der Waals surface area contributed by atoms with Crippen LogP contribution in [0, 0.1) is 6.92 Å². The first-order valence-corrected chi connectivity index (χ1v) is 10.4. The Balaban J connectivity index is 1.52. The number of morpholine rings is 1. The van der Waals surface area contributed by atoms with Gasteiger partial charge < -0.3 is 15.4 Å². The van der Waals surface area contributed by atoms with Crippen LogP contribution in [0.3, 0.4) is 0 Å². The van der Waals surface area contributed by atoms with E-state index in [0.717, 1.165) is 52.8 Å². The molecule has 8 heteroatoms. The Labute approximate surface area is 180 Å². The zero-order valence-electron chi connectivity index (χ0n) is 17.9. The molecule has 8 nitrogen and oxygen atoms in total. The molecule has 1 aliphatic heterocycles. The number of hydrogen-bond acceptors (Lipinski definition) is 7. The maximum Gasteiger partial charge on any atom is 0.165 e. The predicted octanol–water partition coefficient (Wildman–Crippen LogP) is 3.38. The fraction of sp³-hybridized carbons (Fsp3) is 0.304. The highest BCUT2D eigenvalue weighted by molar-refractivity contribution is 5.78. The van der Waals surface area contributed by atoms with E-state index >= 15 is 0 Å². The van der Waals surface area contributed by atoms with Gasteiger partial charge in [0.05, 0.1) is 29.8 Å². The molecule has 1 fully saturated rings. The summed E-state index contributed by atoms with van der Waals surface area (Å²) in [6.45, 7) is 7.84. The molecule has 1 aliphatic rings. The molecular weight excluding hydrogens is 390 g/mol. The molecule has 5 rings (SSSR count). The van der Waals surface area contributed by atoms with E-state index < -0.39 is 0 Å². The Hall–Kier alpha value is -3.52. The van der Waals surface area contributed by atoms with Gasteiger partial charge in [-0.25, -0.2) is 19.9 Å². The first-order valence-electron chi connectivity index (χ1n) is 10.4. The molecule has 0 bridgehead atoms. The second-order valence-electron chi connectivity index (χ2n) is 8.04. The highest BCUT2D eigenvalue weighted by Crippen LogP contribution is 2.26. The van der Waals surface area contributed by atoms with Gasteiger partial charge in [-0.2, -0.15) is 0 Å². The largest absolute Gasteiger partial charge is 0.384 e. The predicted molar refractivity (Wildman–Crippen MR) is 121 cm³/mol. The van der Waals surface area contributed by atoms with Crippen LogP contribution in [-0.2, 0) is 4.74 Å². The molecule has 31 heavy (non-hydrogen) atoms. The minimum atomic E-state index is 0.190. The molecule has 0 radical (unpaired) electrons. The van der Waals surface area contributed by atoms with Crippen LogP contribution in [0.15, 0.2) is 48.8 Å². The summed E-state index contributed by atoms with van der Waals surface area (Å²) in [6, 6.07) is 11.8. The lowest BCUT2D eigenvalue weighted by Gasteiger charge is -2.36. The summed E-state index contributed by atoms with van der Waals surface area (Å²) in [7, 11) is 0. The average Bonchev–Trinajstić information content (AvgIpc) is 3.08. The van der Waals surface area contributed by atoms with Crippen LogP contribution in [-0.4, -0.2) is 49.8 Å². The number of hydrogen-bond donors (Lipinski definition) is 1. The molecule has 0 spiro atoms. The van der Waals surface area contributed by atoms with Gasteiger partial charge in [0.15, 0.2) is 5.65 Å². The third kappa shape index (κ3) is 3.70. The van der Waals surface area contributed by atoms with Gasteiger partial charge in [-0.15, -0.1) is 0 Å². The number of ether oxygens (including phenoxy) is 1. The highest BCUT2D eigenvalue weighted by atomic mass is 16.5. The van der Waals surface area contributed by atoms with Crippen LogP contribution >= 0.6 is 0 Å². The molecule has 0 amide bonds. The molecule has 0 unspecified atom stereocenters. The minimum Gasteiger partial charge on any atom is -0.384 e. The number of pyridine rings is 3. The van der Waals surface area contributed by atoms with E-state index in [9.17, 15) is 0 Å². The summed E-state index contributed by atoms with van der Waals surface area (Å²) in [5.41, 5.74) is 10.1. The number of imidazole rings is 1. The van der Waals surface area contributed by atoms with Gasteiger partial charge in [0.1, 0.15) is 23.0 Å². The van der Waals surface area contributed by atoms with Gasteiger partial charge in [-0.05, 0) is 57.2 Å². The van der Waals surface area contributed by atoms with E-state index in [-0.39, 0.29) is 12.2 Å². The van der Waals surface area contributed by atoms with Crippen LogP contribution in [0.2, 0.25) is 0 Å². The first-order chi connectivity index (χ1) is 15.0. The second kappa shape index (κ2) is 7.63. The molecule has 4 aromatic heterocycles. The van der Waals surface area contributed by atoms with Crippen LogP contribution < -0.4 is 10.6 Å². The number of nitrogens with two attached hydrogens (primary N) is 1. The highest BCUT2D eigenvalue weighted by Gasteiger charge is 2.23. The number of fused-ring (bicyclic) bond motifs is 1. The Morgan fingerprint density at radius 2 is 1.81 bits per heavy atom. The van der Waals surface area contributed by atoms with E-state index in [1.54, 1.807) is 6.20 Å². The van der Waals surface area contributed by atoms with Crippen molar-refractivity contribution in [3.8, 4) is 16.9 Å². The Morgan fingerprint density at radius 1 is 1.00 bits per heavy atom. The van der Waals surface area contributed by atoms with Crippen molar-refractivity contribution in [2.45, 2.75) is 33.0 Å². The van der Waals surface area contributed by atoms with Crippen molar-refractivity contribution < 1.29 is 4.74 Å². The monoisotopic (exact) mass is 415 g/mol. The molecule has 4 aromatic rings. The summed E-state index contributed by atoms with van der Waals surface area (Å²) < 4.78 is 7.87. The minimum absolute atomic E-state index is 0.190. The maximum atomic E-state index is 5.85. The molecular formula is C23H25N7O. The van der Waals surface area contributed by atoms with Gasteiger partial charge >= 0.3 is 0 Å². The summed E-state index contributed by atoms with van der Waals surface area (Å²) in [5, 5.41) is 0. The van der Waals surface area contributed by atoms with Crippen molar-refractivity contribution in [3.63, 3.8) is 0 Å². The van der Waals surface area contributed by atoms with Crippen LogP contribution in [0.5, 0.6) is 0 Å². The van der Waals surface area contributed by atoms with Crippen molar-refractivity contribution >= 4 is 22.8 Å². The Morgan fingerprint density at radius 3 is 2.52 bits per heavy atom. The zero-order valence-corrected chi connectivity index (χ0v) is 17.9. The smallest absolute Gasteiger partial charge is 0.165 e. The SMILES string of the molecule is Cc1nc2ccc(-c3ccnc(N)c3)nc2n1-c1ccc(N2C[C@@H](C)O[C@@H](C)C2)nc1. The second-order valence-corrected chi connectivity index (χ2v) is 8.04. The van der Waals surface area contributed by atoms with E-state index in [1.807, 2.05) is 42.0 Å². The number of anilines is 2. The van der Waals surface area contributed by atoms with Gasteiger partial charge in [0, 0.05) is 24.8 Å². The number of nitrogens with zero attached hydrogens (tertiary/aromatic N) is 6. The van der Waals surface area contributed by atoms with E-state index in [4.69, 9.17) is 20.4 Å². The summed E-state index contributed by atoms with van der Waals surface area (Å²) in [4.78, 5) is 20.6. The fourth-order valence-corrected chi connectivity index (χ4v) is 4.21. The van der Waals surface area contributed by atoms with Crippen molar-refractivity contribution in [3.05, 3.63) is 54.6 Å². The fourth-order valence-electron chi connectivity index (χ4n) is 4.21. The molecule has 2 atom stereocenters. The average molecular weight is 416 g/mol. The van der Waals surface area contributed by atoms with Crippen molar-refractivity contribution in [2.75, 3.05) is 23.7 Å². The lowest BCUT2D eigenvalue weighted by atomic mass is 10.1. The third-order valence-electron chi connectivity index (χ3n) is 5.48. The van der Waals surface area contributed by atoms with Gasteiger partial charge in [-0.1, -0.05) is 0 Å². The van der Waals surface area contributed by atoms with Crippen LogP contribution in [0.25, 0.3) is 28.1 Å². The lowest BCUT2D eigenvalue weighted by Crippen LogP contribution is -2.45. The van der Waals surface area contributed by atoms with Crippen molar-refractivity contribution in [1.82, 2.24) is 24.5 Å². The molecule has 0 aromatic carbocycles. The number of aromatic nitrogens is 5. The third-order valence-corrected chi connectivity index (χ3v) is 5.48. The normalized spacial score (nSPS) is 19.1. The van der Waals surface area contributed by atoms with E-state index in [0.29, 0.717) is 5.82 Å². The zero-order chi connectivity index (χ0) is 21.5. The molecule has 5 heterocycles. The molecule has 1 saturated heterocycles. The van der Waals surface area contributed by atoms with Gasteiger partial charge in [0.25, 0.3) is 0 Å². The number of aryl methyl sites for hydroxylation is 1. The number of nitrogen functional groups attached to an aromatic ring is 1. The summed E-state index contributed by atoms with van der Waals surface area (Å²) in [5.74, 6) is 2.28. The summed E-state index contributed by atoms with van der Waals surface area (Å²) >= 11 is 0. The Bertz CT molecular complexity index is 1220. The molecule has 158 valence electrons. The van der Waals surface area contributed by atoms with E-state index in [2.05, 4.69) is 40.8 Å². The molecule has 0 saturated carbocycles. The Kier molecular flexibility index (Phi) is 4.78. The number of rotatable bonds is 3. The quantitative estimate of drug-likeness (QED) is 0.548. The van der Waals surface area contributed by atoms with Crippen LogP contribution in [0.4, 0.5) is 11.6 Å². The maximum absolute atomic E-state index is 5.85. The van der Waals surface area contributed by atoms with Crippen molar-refractivity contribution in [2.24, 2.45) is 0 Å². The topological polar surface area (TPSA) is 95.0 Å². The standard InChI is InChI=1S/C23H25N7O/c1-14-12-29(13-15(2)31-14)22-7-4-18(11-26-22)30-16(3)27-20-6-5-19(28-23(20)30)17-8-9-25-21(24)10-17/h4-11,14-15H,12-13H2,1-3H3,(H2,24,25)/t14-,15+. The van der Waals surface area contributed by atoms with Crippen molar-refractivity contribution in [1.29, 1.82) is 0 Å². The van der Waals surface area contributed by atoms with Gasteiger partial charge in [0.2, 0.25) is 0 Å². The molecule has 2 N–H and O–H groups in total. The van der Waals surface area contributed by atoms with Crippen LogP contribution in [0.1, 0.15) is 19.7 Å². The summed E-state index contributed by atoms with van der Waals surface area (Å²) in [6.07, 6.45) is 3.95.